The van der Waals surface area contributed by atoms with Crippen LogP contribution >= 0.6 is 11.8 Å². The van der Waals surface area contributed by atoms with Crippen molar-refractivity contribution >= 4 is 23.1 Å². The van der Waals surface area contributed by atoms with E-state index in [0.29, 0.717) is 22.0 Å². The topological polar surface area (TPSA) is 78.4 Å². The maximum atomic E-state index is 13.4. The van der Waals surface area contributed by atoms with E-state index < -0.39 is 10.7 Å². The Bertz CT molecular complexity index is 679. The number of benzene rings is 2. The number of nitro benzene ring substituents is 1. The number of rotatable bonds is 5. The highest BCUT2D eigenvalue weighted by Crippen LogP contribution is 2.31. The van der Waals surface area contributed by atoms with Crippen molar-refractivity contribution in [2.24, 2.45) is 0 Å². The molecular weight excluding hydrogens is 295 g/mol. The molecule has 2 N–H and O–H groups in total. The van der Waals surface area contributed by atoms with Gasteiger partial charge in [-0.2, -0.15) is 0 Å². The molecule has 0 spiro atoms. The SMILES string of the molecule is COc1ccc([N+](=O)[O-])cc1CSc1ccc(N)c(F)c1. The van der Waals surface area contributed by atoms with Gasteiger partial charge < -0.3 is 10.5 Å². The van der Waals surface area contributed by atoms with Crippen molar-refractivity contribution in [1.29, 1.82) is 0 Å². The third kappa shape index (κ3) is 3.63. The molecule has 0 unspecified atom stereocenters. The second-order valence-electron chi connectivity index (χ2n) is 4.23. The van der Waals surface area contributed by atoms with Crippen molar-refractivity contribution in [3.8, 4) is 5.75 Å². The van der Waals surface area contributed by atoms with Crippen LogP contribution in [-0.4, -0.2) is 12.0 Å². The Morgan fingerprint density at radius 3 is 2.71 bits per heavy atom. The summed E-state index contributed by atoms with van der Waals surface area (Å²) in [7, 11) is 1.50. The fourth-order valence-corrected chi connectivity index (χ4v) is 2.65. The fourth-order valence-electron chi connectivity index (χ4n) is 1.75. The number of methoxy groups -OCH3 is 1. The smallest absolute Gasteiger partial charge is 0.270 e. The van der Waals surface area contributed by atoms with E-state index in [-0.39, 0.29) is 11.4 Å². The quantitative estimate of drug-likeness (QED) is 0.395. The maximum absolute atomic E-state index is 13.4. The van der Waals surface area contributed by atoms with E-state index in [1.54, 1.807) is 12.1 Å². The van der Waals surface area contributed by atoms with Gasteiger partial charge in [0.1, 0.15) is 11.6 Å². The first-order valence-electron chi connectivity index (χ1n) is 6.00. The minimum atomic E-state index is -0.481. The van der Waals surface area contributed by atoms with E-state index in [9.17, 15) is 14.5 Å². The summed E-state index contributed by atoms with van der Waals surface area (Å²) in [6.07, 6.45) is 0. The molecule has 0 fully saturated rings. The van der Waals surface area contributed by atoms with Crippen molar-refractivity contribution in [1.82, 2.24) is 0 Å². The van der Waals surface area contributed by atoms with Crippen LogP contribution in [0.4, 0.5) is 15.8 Å². The summed E-state index contributed by atoms with van der Waals surface area (Å²) in [6, 6.07) is 8.92. The third-order valence-corrected chi connectivity index (χ3v) is 3.88. The zero-order valence-corrected chi connectivity index (χ0v) is 12.0. The van der Waals surface area contributed by atoms with Crippen molar-refractivity contribution in [2.45, 2.75) is 10.6 Å². The van der Waals surface area contributed by atoms with Gasteiger partial charge in [0.25, 0.3) is 5.69 Å². The zero-order chi connectivity index (χ0) is 15.4. The average Bonchev–Trinajstić information content (AvgIpc) is 2.48. The Balaban J connectivity index is 2.19. The van der Waals surface area contributed by atoms with E-state index in [0.717, 1.165) is 0 Å². The first-order valence-corrected chi connectivity index (χ1v) is 6.99. The van der Waals surface area contributed by atoms with E-state index in [2.05, 4.69) is 0 Å². The molecule has 0 heterocycles. The van der Waals surface area contributed by atoms with Crippen LogP contribution in [0, 0.1) is 15.9 Å². The van der Waals surface area contributed by atoms with Crippen LogP contribution in [0.1, 0.15) is 5.56 Å². The number of non-ortho nitro benzene ring substituents is 1. The highest BCUT2D eigenvalue weighted by molar-refractivity contribution is 7.98. The summed E-state index contributed by atoms with van der Waals surface area (Å²) in [4.78, 5) is 11.0. The molecule has 0 atom stereocenters. The Morgan fingerprint density at radius 1 is 1.33 bits per heavy atom. The molecule has 2 rings (SSSR count). The first-order chi connectivity index (χ1) is 10.0. The van der Waals surface area contributed by atoms with E-state index in [1.165, 1.54) is 43.1 Å². The molecule has 2 aromatic carbocycles. The Morgan fingerprint density at radius 2 is 2.10 bits per heavy atom. The van der Waals surface area contributed by atoms with Gasteiger partial charge >= 0.3 is 0 Å². The van der Waals surface area contributed by atoms with Gasteiger partial charge in [-0.15, -0.1) is 11.8 Å². The molecule has 0 saturated carbocycles. The molecule has 0 saturated heterocycles. The van der Waals surface area contributed by atoms with Gasteiger partial charge in [-0.3, -0.25) is 10.1 Å². The summed E-state index contributed by atoms with van der Waals surface area (Å²) in [6.45, 7) is 0. The molecule has 0 aliphatic heterocycles. The van der Waals surface area contributed by atoms with Crippen molar-refractivity contribution < 1.29 is 14.1 Å². The number of hydrogen-bond acceptors (Lipinski definition) is 5. The van der Waals surface area contributed by atoms with Crippen LogP contribution in [-0.2, 0) is 5.75 Å². The van der Waals surface area contributed by atoms with E-state index in [4.69, 9.17) is 10.5 Å². The molecule has 2 aromatic rings. The number of ether oxygens (including phenoxy) is 1. The molecule has 0 aliphatic rings. The van der Waals surface area contributed by atoms with Crippen LogP contribution in [0.2, 0.25) is 0 Å². The number of thioether (sulfide) groups is 1. The predicted octanol–water partition coefficient (Wildman–Crippen LogP) is 3.62. The Hall–Kier alpha value is -2.28. The maximum Gasteiger partial charge on any atom is 0.270 e. The highest BCUT2D eigenvalue weighted by Gasteiger charge is 2.12. The van der Waals surface area contributed by atoms with Crippen molar-refractivity contribution in [2.75, 3.05) is 12.8 Å². The third-order valence-electron chi connectivity index (χ3n) is 2.84. The van der Waals surface area contributed by atoms with Crippen LogP contribution in [0.15, 0.2) is 41.3 Å². The van der Waals surface area contributed by atoms with Gasteiger partial charge in [-0.1, -0.05) is 0 Å². The summed E-state index contributed by atoms with van der Waals surface area (Å²) >= 11 is 1.35. The lowest BCUT2D eigenvalue weighted by Crippen LogP contribution is -1.94. The molecule has 21 heavy (non-hydrogen) atoms. The highest BCUT2D eigenvalue weighted by atomic mass is 32.2. The van der Waals surface area contributed by atoms with Crippen LogP contribution < -0.4 is 10.5 Å². The van der Waals surface area contributed by atoms with Gasteiger partial charge in [-0.05, 0) is 24.3 Å². The molecule has 0 amide bonds. The number of nitrogens with zero attached hydrogens (tertiary/aromatic N) is 1. The number of hydrogen-bond donors (Lipinski definition) is 1. The second kappa shape index (κ2) is 6.45. The lowest BCUT2D eigenvalue weighted by atomic mass is 10.2. The zero-order valence-electron chi connectivity index (χ0n) is 11.2. The molecule has 110 valence electrons. The van der Waals surface area contributed by atoms with Crippen LogP contribution in [0.25, 0.3) is 0 Å². The lowest BCUT2D eigenvalue weighted by Gasteiger charge is -2.08. The molecule has 5 nitrogen and oxygen atoms in total. The first kappa shape index (κ1) is 15.1. The summed E-state index contributed by atoms with van der Waals surface area (Å²) in [5.74, 6) is 0.504. The van der Waals surface area contributed by atoms with Gasteiger partial charge in [0.2, 0.25) is 0 Å². The molecule has 0 bridgehead atoms. The summed E-state index contributed by atoms with van der Waals surface area (Å²) < 4.78 is 18.5. The summed E-state index contributed by atoms with van der Waals surface area (Å²) in [5.41, 5.74) is 6.18. The number of nitrogen functional groups attached to an aromatic ring is 1. The molecule has 0 aliphatic carbocycles. The number of nitro groups is 1. The fraction of sp³-hybridized carbons (Fsp3) is 0.143. The lowest BCUT2D eigenvalue weighted by molar-refractivity contribution is -0.384. The molecule has 0 aromatic heterocycles. The average molecular weight is 308 g/mol. The monoisotopic (exact) mass is 308 g/mol. The van der Waals surface area contributed by atoms with Gasteiger partial charge in [0, 0.05) is 28.3 Å². The number of nitrogens with two attached hydrogens (primary N) is 1. The van der Waals surface area contributed by atoms with Gasteiger partial charge in [-0.25, -0.2) is 4.39 Å². The van der Waals surface area contributed by atoms with Gasteiger partial charge in [0.05, 0.1) is 17.7 Å². The predicted molar refractivity (Wildman–Crippen MR) is 80.0 cm³/mol. The van der Waals surface area contributed by atoms with E-state index >= 15 is 0 Å². The minimum absolute atomic E-state index is 0.00473. The minimum Gasteiger partial charge on any atom is -0.496 e. The van der Waals surface area contributed by atoms with Gasteiger partial charge in [0.15, 0.2) is 0 Å². The standard InChI is InChI=1S/C14H13FN2O3S/c1-20-14-5-2-10(17(18)19)6-9(14)8-21-11-3-4-13(16)12(15)7-11/h2-7H,8,16H2,1H3. The van der Waals surface area contributed by atoms with Crippen LogP contribution in [0.3, 0.4) is 0 Å². The Kier molecular flexibility index (Phi) is 4.64. The number of anilines is 1. The Labute approximate surface area is 125 Å². The largest absolute Gasteiger partial charge is 0.496 e. The normalized spacial score (nSPS) is 10.4. The summed E-state index contributed by atoms with van der Waals surface area (Å²) in [5, 5.41) is 10.8. The molecule has 0 radical (unpaired) electrons. The second-order valence-corrected chi connectivity index (χ2v) is 5.27. The van der Waals surface area contributed by atoms with Crippen LogP contribution in [0.5, 0.6) is 5.75 Å². The number of halogens is 1. The van der Waals surface area contributed by atoms with Crippen molar-refractivity contribution in [3.63, 3.8) is 0 Å². The van der Waals surface area contributed by atoms with E-state index in [1.807, 2.05) is 0 Å². The molecular formula is C14H13FN2O3S. The van der Waals surface area contributed by atoms with Crippen molar-refractivity contribution in [3.05, 3.63) is 57.9 Å². The molecule has 7 heteroatoms.